The molecule has 1 aliphatic heterocycles. The maximum Gasteiger partial charge on any atom is 0.291 e. The Morgan fingerprint density at radius 2 is 2.39 bits per heavy atom. The van der Waals surface area contributed by atoms with Crippen LogP contribution in [0, 0.1) is 0 Å². The van der Waals surface area contributed by atoms with Crippen molar-refractivity contribution in [2.24, 2.45) is 0 Å². The largest absolute Gasteiger partial charge is 0.378 e. The third-order valence-corrected chi connectivity index (χ3v) is 3.00. The first kappa shape index (κ1) is 13.0. The number of aromatic nitrogens is 3. The highest BCUT2D eigenvalue weighted by Gasteiger charge is 2.29. The van der Waals surface area contributed by atoms with Crippen LogP contribution in [0.5, 0.6) is 0 Å². The Morgan fingerprint density at radius 3 is 3.11 bits per heavy atom. The lowest BCUT2D eigenvalue weighted by Crippen LogP contribution is -2.43. The summed E-state index contributed by atoms with van der Waals surface area (Å²) < 4.78 is 5.28. The summed E-state index contributed by atoms with van der Waals surface area (Å²) in [5, 5.41) is 12.7. The standard InChI is InChI=1S/C11H19N5O2/c1-3-4-9-14-10(16-15-9)11(17)13-7-5-12-6-8(7)18-2/h7-8,12H,3-6H2,1-2H3,(H,13,17)(H,14,15,16)/t7?,8-/m0/s1. The van der Waals surface area contributed by atoms with Gasteiger partial charge >= 0.3 is 0 Å². The van der Waals surface area contributed by atoms with Crippen LogP contribution in [0.4, 0.5) is 0 Å². The van der Waals surface area contributed by atoms with Gasteiger partial charge in [0.1, 0.15) is 5.82 Å². The van der Waals surface area contributed by atoms with Crippen LogP contribution < -0.4 is 10.6 Å². The van der Waals surface area contributed by atoms with Crippen LogP contribution in [0.3, 0.4) is 0 Å². The van der Waals surface area contributed by atoms with Gasteiger partial charge in [-0.05, 0) is 6.42 Å². The SMILES string of the molecule is CCCc1nc(C(=O)NC2CNC[C@@H]2OC)n[nH]1. The van der Waals surface area contributed by atoms with E-state index in [0.29, 0.717) is 6.54 Å². The minimum atomic E-state index is -0.260. The number of ether oxygens (including phenoxy) is 1. The Balaban J connectivity index is 1.94. The van der Waals surface area contributed by atoms with Crippen molar-refractivity contribution < 1.29 is 9.53 Å². The van der Waals surface area contributed by atoms with Gasteiger partial charge < -0.3 is 15.4 Å². The van der Waals surface area contributed by atoms with Crippen molar-refractivity contribution in [1.82, 2.24) is 25.8 Å². The van der Waals surface area contributed by atoms with Crippen LogP contribution in [0.1, 0.15) is 29.8 Å². The molecule has 0 spiro atoms. The second-order valence-electron chi connectivity index (χ2n) is 4.37. The third kappa shape index (κ3) is 2.85. The summed E-state index contributed by atoms with van der Waals surface area (Å²) in [6, 6.07) is -0.0318. The van der Waals surface area contributed by atoms with Gasteiger partial charge in [0.15, 0.2) is 0 Å². The summed E-state index contributed by atoms with van der Waals surface area (Å²) in [5.74, 6) is 0.681. The molecule has 2 heterocycles. The number of carbonyl (C=O) groups is 1. The fourth-order valence-electron chi connectivity index (χ4n) is 2.02. The Kier molecular flexibility index (Phi) is 4.27. The molecular formula is C11H19N5O2. The summed E-state index contributed by atoms with van der Waals surface area (Å²) >= 11 is 0. The number of methoxy groups -OCH3 is 1. The number of aryl methyl sites for hydroxylation is 1. The molecule has 0 aromatic carbocycles. The predicted molar refractivity (Wildman–Crippen MR) is 65.3 cm³/mol. The van der Waals surface area contributed by atoms with Crippen molar-refractivity contribution in [3.05, 3.63) is 11.6 Å². The molecule has 1 aliphatic rings. The first-order chi connectivity index (χ1) is 8.74. The molecule has 1 amide bonds. The molecule has 0 radical (unpaired) electrons. The molecule has 7 nitrogen and oxygen atoms in total. The van der Waals surface area contributed by atoms with Crippen LogP contribution >= 0.6 is 0 Å². The van der Waals surface area contributed by atoms with Crippen molar-refractivity contribution in [2.45, 2.75) is 31.9 Å². The van der Waals surface area contributed by atoms with Gasteiger partial charge in [-0.2, -0.15) is 0 Å². The van der Waals surface area contributed by atoms with E-state index in [2.05, 4.69) is 32.7 Å². The van der Waals surface area contributed by atoms with E-state index in [9.17, 15) is 4.79 Å². The van der Waals surface area contributed by atoms with Gasteiger partial charge in [-0.25, -0.2) is 4.98 Å². The number of hydrogen-bond donors (Lipinski definition) is 3. The second kappa shape index (κ2) is 5.92. The molecule has 1 aromatic heterocycles. The maximum absolute atomic E-state index is 11.9. The number of aromatic amines is 1. The van der Waals surface area contributed by atoms with E-state index in [1.807, 2.05) is 0 Å². The lowest BCUT2D eigenvalue weighted by Gasteiger charge is -2.17. The fourth-order valence-corrected chi connectivity index (χ4v) is 2.02. The molecule has 1 unspecified atom stereocenters. The van der Waals surface area contributed by atoms with Gasteiger partial charge in [0.2, 0.25) is 5.82 Å². The lowest BCUT2D eigenvalue weighted by atomic mass is 10.2. The van der Waals surface area contributed by atoms with E-state index in [4.69, 9.17) is 4.74 Å². The molecule has 3 N–H and O–H groups in total. The number of rotatable bonds is 5. The average molecular weight is 253 g/mol. The minimum Gasteiger partial charge on any atom is -0.378 e. The van der Waals surface area contributed by atoms with Crippen LogP contribution in [0.25, 0.3) is 0 Å². The van der Waals surface area contributed by atoms with Crippen LogP contribution in [-0.4, -0.2) is 53.4 Å². The fraction of sp³-hybridized carbons (Fsp3) is 0.727. The topological polar surface area (TPSA) is 91.9 Å². The van der Waals surface area contributed by atoms with Crippen molar-refractivity contribution in [3.8, 4) is 0 Å². The van der Waals surface area contributed by atoms with Crippen LogP contribution in [0.15, 0.2) is 0 Å². The quantitative estimate of drug-likeness (QED) is 0.656. The zero-order chi connectivity index (χ0) is 13.0. The van der Waals surface area contributed by atoms with E-state index >= 15 is 0 Å². The molecule has 2 atom stereocenters. The summed E-state index contributed by atoms with van der Waals surface area (Å²) in [4.78, 5) is 16.1. The lowest BCUT2D eigenvalue weighted by molar-refractivity contribution is 0.0772. The first-order valence-electron chi connectivity index (χ1n) is 6.20. The number of amides is 1. The van der Waals surface area contributed by atoms with E-state index in [-0.39, 0.29) is 23.9 Å². The predicted octanol–water partition coefficient (Wildman–Crippen LogP) is -0.526. The average Bonchev–Trinajstić information content (AvgIpc) is 2.98. The number of nitrogens with one attached hydrogen (secondary N) is 3. The number of carbonyl (C=O) groups excluding carboxylic acids is 1. The molecule has 1 fully saturated rings. The molecule has 18 heavy (non-hydrogen) atoms. The molecule has 2 rings (SSSR count). The highest BCUT2D eigenvalue weighted by Crippen LogP contribution is 2.05. The van der Waals surface area contributed by atoms with Gasteiger partial charge in [0.25, 0.3) is 5.91 Å². The van der Waals surface area contributed by atoms with E-state index in [1.165, 1.54) is 0 Å². The first-order valence-corrected chi connectivity index (χ1v) is 6.20. The van der Waals surface area contributed by atoms with Gasteiger partial charge in [-0.3, -0.25) is 9.89 Å². The van der Waals surface area contributed by atoms with Gasteiger partial charge in [-0.15, -0.1) is 5.10 Å². The van der Waals surface area contributed by atoms with Crippen molar-refractivity contribution in [3.63, 3.8) is 0 Å². The van der Waals surface area contributed by atoms with E-state index in [0.717, 1.165) is 25.2 Å². The number of hydrogen-bond acceptors (Lipinski definition) is 5. The highest BCUT2D eigenvalue weighted by molar-refractivity contribution is 5.90. The number of nitrogens with zero attached hydrogens (tertiary/aromatic N) is 2. The highest BCUT2D eigenvalue weighted by atomic mass is 16.5. The van der Waals surface area contributed by atoms with Crippen molar-refractivity contribution in [1.29, 1.82) is 0 Å². The molecule has 0 aliphatic carbocycles. The van der Waals surface area contributed by atoms with E-state index in [1.54, 1.807) is 7.11 Å². The second-order valence-corrected chi connectivity index (χ2v) is 4.37. The smallest absolute Gasteiger partial charge is 0.291 e. The molecule has 7 heteroatoms. The summed E-state index contributed by atoms with van der Waals surface area (Å²) in [6.07, 6.45) is 1.77. The van der Waals surface area contributed by atoms with E-state index < -0.39 is 0 Å². The Morgan fingerprint density at radius 1 is 1.56 bits per heavy atom. The third-order valence-electron chi connectivity index (χ3n) is 3.00. The van der Waals surface area contributed by atoms with Crippen LogP contribution in [0.2, 0.25) is 0 Å². The number of H-pyrrole nitrogens is 1. The van der Waals surface area contributed by atoms with Crippen molar-refractivity contribution in [2.75, 3.05) is 20.2 Å². The molecule has 0 bridgehead atoms. The molecule has 0 saturated carbocycles. The normalized spacial score (nSPS) is 23.2. The molecule has 1 aromatic rings. The molecular weight excluding hydrogens is 234 g/mol. The Hall–Kier alpha value is -1.47. The van der Waals surface area contributed by atoms with Gasteiger partial charge in [0, 0.05) is 26.6 Å². The van der Waals surface area contributed by atoms with Gasteiger partial charge in [0.05, 0.1) is 12.1 Å². The molecule has 100 valence electrons. The summed E-state index contributed by atoms with van der Waals surface area (Å²) in [5.41, 5.74) is 0. The Bertz CT molecular complexity index is 406. The van der Waals surface area contributed by atoms with Crippen LogP contribution in [-0.2, 0) is 11.2 Å². The molecule has 1 saturated heterocycles. The van der Waals surface area contributed by atoms with Gasteiger partial charge in [-0.1, -0.05) is 6.92 Å². The maximum atomic E-state index is 11.9. The zero-order valence-electron chi connectivity index (χ0n) is 10.7. The van der Waals surface area contributed by atoms with Crippen molar-refractivity contribution >= 4 is 5.91 Å². The monoisotopic (exact) mass is 253 g/mol. The summed E-state index contributed by atoms with van der Waals surface area (Å²) in [7, 11) is 1.64. The Labute approximate surface area is 106 Å². The summed E-state index contributed by atoms with van der Waals surface area (Å²) in [6.45, 7) is 3.50. The zero-order valence-corrected chi connectivity index (χ0v) is 10.7. The minimum absolute atomic E-state index is 0.00278.